The molecule has 0 aliphatic carbocycles. The van der Waals surface area contributed by atoms with Crippen molar-refractivity contribution in [2.24, 2.45) is 5.92 Å². The highest BCUT2D eigenvalue weighted by atomic mass is 19.1. The molecule has 2 N–H and O–H groups in total. The maximum absolute atomic E-state index is 13.3. The Morgan fingerprint density at radius 1 is 1.48 bits per heavy atom. The van der Waals surface area contributed by atoms with E-state index in [-0.39, 0.29) is 36.6 Å². The number of carbonyl (C=O) groups excluding carboxylic acids is 1. The van der Waals surface area contributed by atoms with E-state index in [1.165, 1.54) is 18.2 Å². The molecule has 1 saturated heterocycles. The number of hydrogen-bond acceptors (Lipinski definition) is 3. The predicted octanol–water partition coefficient (Wildman–Crippen LogP) is 1.01. The van der Waals surface area contributed by atoms with E-state index in [9.17, 15) is 14.3 Å². The van der Waals surface area contributed by atoms with E-state index in [1.54, 1.807) is 4.90 Å². The Bertz CT molecular complexity index is 591. The fourth-order valence-corrected chi connectivity index (χ4v) is 2.63. The van der Waals surface area contributed by atoms with Gasteiger partial charge in [0, 0.05) is 12.1 Å². The molecule has 2 atom stereocenters. The molecule has 1 aromatic carbocycles. The number of nitrogens with zero attached hydrogens (tertiary/aromatic N) is 1. The van der Waals surface area contributed by atoms with Gasteiger partial charge in [0.15, 0.2) is 0 Å². The minimum atomic E-state index is -0.484. The first-order valence-corrected chi connectivity index (χ1v) is 6.89. The molecule has 21 heavy (non-hydrogen) atoms. The fourth-order valence-electron chi connectivity index (χ4n) is 2.63. The molecule has 0 aromatic heterocycles. The molecule has 0 spiro atoms. The molecule has 112 valence electrons. The lowest BCUT2D eigenvalue weighted by molar-refractivity contribution is 0.0648. The van der Waals surface area contributed by atoms with Crippen molar-refractivity contribution in [2.45, 2.75) is 19.4 Å². The number of aliphatic hydroxyl groups excluding tert-OH is 2. The minimum Gasteiger partial charge on any atom is -0.394 e. The summed E-state index contributed by atoms with van der Waals surface area (Å²) in [5.74, 6) is 4.51. The molecule has 2 rings (SSSR count). The number of hydrogen-bond donors (Lipinski definition) is 2. The first-order valence-electron chi connectivity index (χ1n) is 6.89. The molecule has 1 amide bonds. The summed E-state index contributed by atoms with van der Waals surface area (Å²) in [6.07, 6.45) is 0.829. The van der Waals surface area contributed by atoms with Gasteiger partial charge in [0.1, 0.15) is 12.4 Å². The van der Waals surface area contributed by atoms with Gasteiger partial charge in [-0.05, 0) is 30.5 Å². The second kappa shape index (κ2) is 6.70. The molecular formula is C16H18FNO3. The third kappa shape index (κ3) is 3.23. The zero-order valence-electron chi connectivity index (χ0n) is 11.8. The second-order valence-corrected chi connectivity index (χ2v) is 5.16. The van der Waals surface area contributed by atoms with Crippen molar-refractivity contribution >= 4 is 5.91 Å². The summed E-state index contributed by atoms with van der Waals surface area (Å²) in [7, 11) is 0. The number of aliphatic hydroxyl groups is 2. The molecule has 5 heteroatoms. The van der Waals surface area contributed by atoms with E-state index in [2.05, 4.69) is 11.8 Å². The Morgan fingerprint density at radius 2 is 2.24 bits per heavy atom. The van der Waals surface area contributed by atoms with Gasteiger partial charge in [0.05, 0.1) is 18.2 Å². The van der Waals surface area contributed by atoms with Gasteiger partial charge in [0.2, 0.25) is 0 Å². The van der Waals surface area contributed by atoms with Crippen LogP contribution in [0.2, 0.25) is 0 Å². The maximum atomic E-state index is 13.3. The highest BCUT2D eigenvalue weighted by Crippen LogP contribution is 2.26. The molecule has 4 nitrogen and oxygen atoms in total. The van der Waals surface area contributed by atoms with Crippen LogP contribution in [0.5, 0.6) is 0 Å². The summed E-state index contributed by atoms with van der Waals surface area (Å²) in [4.78, 5) is 14.2. The van der Waals surface area contributed by atoms with Crippen LogP contribution in [0.25, 0.3) is 0 Å². The van der Waals surface area contributed by atoms with Crippen molar-refractivity contribution in [1.82, 2.24) is 4.90 Å². The number of benzene rings is 1. The van der Waals surface area contributed by atoms with Crippen LogP contribution in [0, 0.1) is 23.6 Å². The number of likely N-dealkylation sites (tertiary alicyclic amines) is 1. The van der Waals surface area contributed by atoms with Crippen LogP contribution < -0.4 is 0 Å². The van der Waals surface area contributed by atoms with Gasteiger partial charge in [-0.15, -0.1) is 0 Å². The van der Waals surface area contributed by atoms with E-state index >= 15 is 0 Å². The number of amides is 1. The Balaban J connectivity index is 2.35. The first-order chi connectivity index (χ1) is 10.1. The topological polar surface area (TPSA) is 60.8 Å². The van der Waals surface area contributed by atoms with Crippen LogP contribution in [0.3, 0.4) is 0 Å². The van der Waals surface area contributed by atoms with Crippen molar-refractivity contribution in [3.63, 3.8) is 0 Å². The van der Waals surface area contributed by atoms with E-state index in [1.807, 2.05) is 6.92 Å². The van der Waals surface area contributed by atoms with Gasteiger partial charge in [-0.25, -0.2) is 4.39 Å². The van der Waals surface area contributed by atoms with E-state index in [4.69, 9.17) is 5.11 Å². The summed E-state index contributed by atoms with van der Waals surface area (Å²) < 4.78 is 13.3. The Hall–Kier alpha value is -1.90. The van der Waals surface area contributed by atoms with Crippen LogP contribution in [-0.2, 0) is 0 Å². The monoisotopic (exact) mass is 291 g/mol. The molecule has 1 fully saturated rings. The molecule has 1 heterocycles. The van der Waals surface area contributed by atoms with Crippen molar-refractivity contribution in [1.29, 1.82) is 0 Å². The molecule has 0 bridgehead atoms. The smallest absolute Gasteiger partial charge is 0.255 e. The third-order valence-corrected chi connectivity index (χ3v) is 3.84. The first kappa shape index (κ1) is 15.5. The molecule has 0 saturated carbocycles. The summed E-state index contributed by atoms with van der Waals surface area (Å²) in [5.41, 5.74) is 0.551. The second-order valence-electron chi connectivity index (χ2n) is 5.16. The quantitative estimate of drug-likeness (QED) is 0.800. The summed E-state index contributed by atoms with van der Waals surface area (Å²) in [5, 5.41) is 18.2. The predicted molar refractivity (Wildman–Crippen MR) is 76.1 cm³/mol. The van der Waals surface area contributed by atoms with E-state index in [0.29, 0.717) is 12.1 Å². The van der Waals surface area contributed by atoms with Crippen LogP contribution in [-0.4, -0.2) is 46.8 Å². The highest BCUT2D eigenvalue weighted by Gasteiger charge is 2.34. The van der Waals surface area contributed by atoms with Crippen molar-refractivity contribution in [3.05, 3.63) is 35.1 Å². The largest absolute Gasteiger partial charge is 0.394 e. The number of halogens is 1. The number of carbonyl (C=O) groups is 1. The third-order valence-electron chi connectivity index (χ3n) is 3.84. The Morgan fingerprint density at radius 3 is 2.90 bits per heavy atom. The van der Waals surface area contributed by atoms with Gasteiger partial charge in [-0.3, -0.25) is 4.79 Å². The van der Waals surface area contributed by atoms with Crippen LogP contribution in [0.1, 0.15) is 29.3 Å². The molecule has 1 aliphatic heterocycles. The average Bonchev–Trinajstić information content (AvgIpc) is 2.85. The molecule has 1 aromatic rings. The lowest BCUT2D eigenvalue weighted by Crippen LogP contribution is -2.40. The van der Waals surface area contributed by atoms with Gasteiger partial charge >= 0.3 is 0 Å². The SMILES string of the molecule is CC1CCN(C(=O)c2ccc(F)cc2C#CCO)C1CO. The van der Waals surface area contributed by atoms with Gasteiger partial charge < -0.3 is 15.1 Å². The Labute approximate surface area is 123 Å². The molecule has 0 radical (unpaired) electrons. The highest BCUT2D eigenvalue weighted by molar-refractivity contribution is 5.97. The van der Waals surface area contributed by atoms with Crippen LogP contribution in [0.15, 0.2) is 18.2 Å². The summed E-state index contributed by atoms with van der Waals surface area (Å²) >= 11 is 0. The van der Waals surface area contributed by atoms with Gasteiger partial charge in [0.25, 0.3) is 5.91 Å². The molecule has 1 aliphatic rings. The molecule has 2 unspecified atom stereocenters. The summed E-state index contributed by atoms with van der Waals surface area (Å²) in [6.45, 7) is 2.11. The standard InChI is InChI=1S/C16H18FNO3/c1-11-6-7-18(15(11)10-20)16(21)14-5-4-13(17)9-12(14)3-2-8-19/h4-5,9,11,15,19-20H,6-8,10H2,1H3. The van der Waals surface area contributed by atoms with Crippen LogP contribution >= 0.6 is 0 Å². The molecular weight excluding hydrogens is 273 g/mol. The fraction of sp³-hybridized carbons (Fsp3) is 0.438. The van der Waals surface area contributed by atoms with Crippen molar-refractivity contribution in [3.8, 4) is 11.8 Å². The van der Waals surface area contributed by atoms with Gasteiger partial charge in [-0.2, -0.15) is 0 Å². The zero-order valence-corrected chi connectivity index (χ0v) is 11.8. The van der Waals surface area contributed by atoms with Crippen molar-refractivity contribution in [2.75, 3.05) is 19.8 Å². The lowest BCUT2D eigenvalue weighted by atomic mass is 10.0. The average molecular weight is 291 g/mol. The maximum Gasteiger partial charge on any atom is 0.255 e. The van der Waals surface area contributed by atoms with E-state index < -0.39 is 5.82 Å². The summed E-state index contributed by atoms with van der Waals surface area (Å²) in [6, 6.07) is 3.58. The van der Waals surface area contributed by atoms with E-state index in [0.717, 1.165) is 6.42 Å². The lowest BCUT2D eigenvalue weighted by Gasteiger charge is -2.25. The van der Waals surface area contributed by atoms with Crippen LogP contribution in [0.4, 0.5) is 4.39 Å². The van der Waals surface area contributed by atoms with Gasteiger partial charge in [-0.1, -0.05) is 18.8 Å². The number of rotatable bonds is 2. The Kier molecular flexibility index (Phi) is 4.94. The normalized spacial score (nSPS) is 21.0. The van der Waals surface area contributed by atoms with Crippen molar-refractivity contribution < 1.29 is 19.4 Å². The zero-order chi connectivity index (χ0) is 15.4. The minimum absolute atomic E-state index is 0.0915.